The third kappa shape index (κ3) is 6.60. The molecule has 63 heavy (non-hydrogen) atoms. The van der Waals surface area contributed by atoms with Crippen molar-refractivity contribution in [3.8, 4) is 11.1 Å². The van der Waals surface area contributed by atoms with Crippen LogP contribution in [0.5, 0.6) is 0 Å². The summed E-state index contributed by atoms with van der Waals surface area (Å²) in [6.07, 6.45) is 2.31. The van der Waals surface area contributed by atoms with E-state index in [4.69, 9.17) is 4.42 Å². The van der Waals surface area contributed by atoms with Crippen LogP contribution < -0.4 is 26.4 Å². The highest BCUT2D eigenvalue weighted by molar-refractivity contribution is 7.00. The molecular weight excluding hydrogens is 763 g/mol. The van der Waals surface area contributed by atoms with Gasteiger partial charge in [0.15, 0.2) is 0 Å². The number of furan rings is 1. The Hall–Kier alpha value is -5.48. The third-order valence-electron chi connectivity index (χ3n) is 14.8. The average molecular weight is 829 g/mol. The summed E-state index contributed by atoms with van der Waals surface area (Å²) >= 11 is 0. The highest BCUT2D eigenvalue weighted by atomic mass is 16.3. The molecule has 0 saturated heterocycles. The van der Waals surface area contributed by atoms with Crippen LogP contribution in [0.4, 0.5) is 34.1 Å². The average Bonchev–Trinajstić information content (AvgIpc) is 3.59. The first kappa shape index (κ1) is 41.5. The van der Waals surface area contributed by atoms with E-state index in [0.717, 1.165) is 40.8 Å². The van der Waals surface area contributed by atoms with Crippen LogP contribution in [0.25, 0.3) is 22.1 Å². The van der Waals surface area contributed by atoms with Crippen molar-refractivity contribution in [1.82, 2.24) is 0 Å². The van der Waals surface area contributed by atoms with Gasteiger partial charge in [-0.15, -0.1) is 0 Å². The number of aryl methyl sites for hydroxylation is 1. The molecule has 2 aliphatic heterocycles. The summed E-state index contributed by atoms with van der Waals surface area (Å²) in [6.45, 7) is 32.9. The second kappa shape index (κ2) is 13.8. The largest absolute Gasteiger partial charge is 0.468 e. The van der Waals surface area contributed by atoms with Crippen molar-refractivity contribution in [3.05, 3.63) is 149 Å². The highest BCUT2D eigenvalue weighted by Crippen LogP contribution is 2.53. The molecule has 0 amide bonds. The van der Waals surface area contributed by atoms with Crippen LogP contribution in [0.2, 0.25) is 0 Å². The van der Waals surface area contributed by atoms with Crippen molar-refractivity contribution in [2.24, 2.45) is 0 Å². The Morgan fingerprint density at radius 1 is 0.540 bits per heavy atom. The van der Waals surface area contributed by atoms with Gasteiger partial charge in [-0.05, 0) is 146 Å². The Balaban J connectivity index is 1.38. The summed E-state index contributed by atoms with van der Waals surface area (Å²) in [5.41, 5.74) is 22.2. The van der Waals surface area contributed by atoms with E-state index in [2.05, 4.69) is 222 Å². The van der Waals surface area contributed by atoms with E-state index in [-0.39, 0.29) is 33.8 Å². The molecule has 0 N–H and O–H groups in total. The predicted octanol–water partition coefficient (Wildman–Crippen LogP) is 14.7. The lowest BCUT2D eigenvalue weighted by Crippen LogP contribution is -2.61. The van der Waals surface area contributed by atoms with E-state index in [1.54, 1.807) is 0 Å². The van der Waals surface area contributed by atoms with Crippen LogP contribution in [0, 0.1) is 6.92 Å². The van der Waals surface area contributed by atoms with Crippen LogP contribution in [-0.4, -0.2) is 6.71 Å². The first-order valence-corrected chi connectivity index (χ1v) is 23.3. The lowest BCUT2D eigenvalue weighted by Gasteiger charge is -2.47. The van der Waals surface area contributed by atoms with Crippen molar-refractivity contribution in [1.29, 1.82) is 0 Å². The van der Waals surface area contributed by atoms with Crippen molar-refractivity contribution in [3.63, 3.8) is 0 Å². The van der Waals surface area contributed by atoms with E-state index in [1.807, 2.05) is 0 Å². The maximum absolute atomic E-state index is 7.40. The summed E-state index contributed by atoms with van der Waals surface area (Å²) in [6, 6.07) is 44.6. The molecule has 1 aromatic heterocycles. The fourth-order valence-electron chi connectivity index (χ4n) is 10.8. The van der Waals surface area contributed by atoms with Crippen molar-refractivity contribution < 1.29 is 4.42 Å². The van der Waals surface area contributed by atoms with Gasteiger partial charge in [-0.3, -0.25) is 0 Å². The quantitative estimate of drug-likeness (QED) is 0.165. The summed E-state index contributed by atoms with van der Waals surface area (Å²) in [5, 5.41) is 1.15. The predicted molar refractivity (Wildman–Crippen MR) is 272 cm³/mol. The van der Waals surface area contributed by atoms with Gasteiger partial charge in [0.2, 0.25) is 0 Å². The zero-order chi connectivity index (χ0) is 44.8. The van der Waals surface area contributed by atoms with Gasteiger partial charge < -0.3 is 14.2 Å². The highest BCUT2D eigenvalue weighted by Gasteiger charge is 2.49. The van der Waals surface area contributed by atoms with Crippen LogP contribution in [0.3, 0.4) is 0 Å². The Labute approximate surface area is 377 Å². The Kier molecular flexibility index (Phi) is 9.07. The Bertz CT molecular complexity index is 2960. The van der Waals surface area contributed by atoms with Gasteiger partial charge in [0, 0.05) is 33.7 Å². The molecule has 7 aromatic rings. The molecule has 0 bridgehead atoms. The van der Waals surface area contributed by atoms with Gasteiger partial charge in [0.05, 0.1) is 17.0 Å². The molecule has 6 aromatic carbocycles. The normalized spacial score (nSPS) is 16.4. The second-order valence-electron chi connectivity index (χ2n) is 23.5. The molecule has 0 unspecified atom stereocenters. The minimum atomic E-state index is -0.135. The Morgan fingerprint density at radius 2 is 1.13 bits per heavy atom. The molecule has 3 aliphatic rings. The molecule has 1 aliphatic carbocycles. The first-order chi connectivity index (χ1) is 29.5. The molecule has 3 heterocycles. The number of hydrogen-bond acceptors (Lipinski definition) is 3. The molecule has 320 valence electrons. The molecule has 0 fully saturated rings. The lowest BCUT2D eigenvalue weighted by molar-refractivity contribution is 0.332. The molecule has 0 radical (unpaired) electrons. The fourth-order valence-corrected chi connectivity index (χ4v) is 10.8. The standard InChI is InChI=1S/C59H65BN2O/c1-36-20-27-51-43(30-36)53-54(63-51)60-46-34-44-45(59(13,14)29-28-58(44,11)12)35-48(46)61(41-24-21-38(22-25-41)55(2,3)4)49-32-40(57(8,9)10)33-50(52(49)60)62(53)47-26-23-39(56(5,6)7)31-42(47)37-18-16-15-17-19-37/h15-27,30-35H,28-29H2,1-14H3. The minimum Gasteiger partial charge on any atom is -0.468 e. The topological polar surface area (TPSA) is 19.6 Å². The van der Waals surface area contributed by atoms with Crippen molar-refractivity contribution in [2.45, 2.75) is 137 Å². The molecule has 10 rings (SSSR count). The fraction of sp³-hybridized carbons (Fsp3) is 0.356. The molecule has 4 heteroatoms. The van der Waals surface area contributed by atoms with Crippen molar-refractivity contribution in [2.75, 3.05) is 9.80 Å². The number of nitrogens with zero attached hydrogens (tertiary/aromatic N) is 2. The molecule has 0 spiro atoms. The van der Waals surface area contributed by atoms with E-state index < -0.39 is 0 Å². The van der Waals surface area contributed by atoms with E-state index in [0.29, 0.717) is 0 Å². The van der Waals surface area contributed by atoms with Crippen LogP contribution >= 0.6 is 0 Å². The van der Waals surface area contributed by atoms with E-state index in [1.165, 1.54) is 78.2 Å². The van der Waals surface area contributed by atoms with Gasteiger partial charge in [-0.2, -0.15) is 0 Å². The second-order valence-corrected chi connectivity index (χ2v) is 23.5. The van der Waals surface area contributed by atoms with E-state index in [9.17, 15) is 0 Å². The van der Waals surface area contributed by atoms with Crippen LogP contribution in [-0.2, 0) is 27.1 Å². The monoisotopic (exact) mass is 829 g/mol. The number of rotatable bonds is 3. The molecule has 0 saturated carbocycles. The molecule has 3 nitrogen and oxygen atoms in total. The van der Waals surface area contributed by atoms with Gasteiger partial charge in [0.1, 0.15) is 5.58 Å². The maximum Gasteiger partial charge on any atom is 0.297 e. The lowest BCUT2D eigenvalue weighted by atomic mass is 9.35. The van der Waals surface area contributed by atoms with Gasteiger partial charge in [0.25, 0.3) is 6.71 Å². The third-order valence-corrected chi connectivity index (χ3v) is 14.8. The molecular formula is C59H65BN2O. The zero-order valence-electron chi connectivity index (χ0n) is 40.3. The van der Waals surface area contributed by atoms with E-state index >= 15 is 0 Å². The van der Waals surface area contributed by atoms with Crippen LogP contribution in [0.1, 0.15) is 136 Å². The minimum absolute atomic E-state index is 0.0286. The van der Waals surface area contributed by atoms with Crippen molar-refractivity contribution >= 4 is 68.4 Å². The molecule has 0 atom stereocenters. The van der Waals surface area contributed by atoms with Gasteiger partial charge in [-0.25, -0.2) is 0 Å². The summed E-state index contributed by atoms with van der Waals surface area (Å²) in [7, 11) is 0. The summed E-state index contributed by atoms with van der Waals surface area (Å²) < 4.78 is 7.40. The smallest absolute Gasteiger partial charge is 0.297 e. The number of hydrogen-bond donors (Lipinski definition) is 0. The number of benzene rings is 6. The number of anilines is 6. The SMILES string of the molecule is Cc1ccc2oc3c(c2c1)N(c1ccc(C(C)(C)C)cc1-c1ccccc1)c1cc(C(C)(C)C)cc2c1B3c1cc3c(cc1N2c1ccc(C(C)(C)C)cc1)C(C)(C)CCC3(C)C. The Morgan fingerprint density at radius 3 is 1.75 bits per heavy atom. The summed E-state index contributed by atoms with van der Waals surface area (Å²) in [5.74, 6) is 0. The first-order valence-electron chi connectivity index (χ1n) is 23.3. The van der Waals surface area contributed by atoms with Gasteiger partial charge >= 0.3 is 0 Å². The summed E-state index contributed by atoms with van der Waals surface area (Å²) in [4.78, 5) is 5.21. The maximum atomic E-state index is 7.40. The van der Waals surface area contributed by atoms with Crippen LogP contribution in [0.15, 0.2) is 120 Å². The zero-order valence-corrected chi connectivity index (χ0v) is 40.3. The number of fused-ring (bicyclic) bond motifs is 7. The van der Waals surface area contributed by atoms with Gasteiger partial charge in [-0.1, -0.05) is 156 Å².